The van der Waals surface area contributed by atoms with Gasteiger partial charge in [-0.25, -0.2) is 0 Å². The summed E-state index contributed by atoms with van der Waals surface area (Å²) in [7, 11) is 0. The maximum Gasteiger partial charge on any atom is 0.325 e. The highest BCUT2D eigenvalue weighted by atomic mass is 16.5. The molecule has 1 aliphatic heterocycles. The number of amides is 1. The van der Waals surface area contributed by atoms with Crippen molar-refractivity contribution in [1.82, 2.24) is 5.32 Å². The molecule has 2 fully saturated rings. The third-order valence-corrected chi connectivity index (χ3v) is 4.53. The fraction of sp³-hybridized carbons (Fsp3) is 0.846. The van der Waals surface area contributed by atoms with Crippen LogP contribution in [0.5, 0.6) is 0 Å². The van der Waals surface area contributed by atoms with Gasteiger partial charge in [0, 0.05) is 17.9 Å². The summed E-state index contributed by atoms with van der Waals surface area (Å²) in [5.74, 6) is -0.710. The van der Waals surface area contributed by atoms with E-state index in [-0.39, 0.29) is 24.5 Å². The second-order valence-electron chi connectivity index (χ2n) is 5.76. The van der Waals surface area contributed by atoms with Crippen LogP contribution < -0.4 is 11.1 Å². The first kappa shape index (κ1) is 14.3. The molecule has 0 aromatic heterocycles. The molecule has 0 aromatic carbocycles. The number of rotatable bonds is 4. The standard InChI is InChI=1S/C13H22N2O4/c1-4-18-9(16)7-15-11(17)13(14)8-5-6-19-10(8)12(13,2)3/h8,10H,4-7,14H2,1-3H3,(H,15,17). The molecule has 1 aliphatic carbocycles. The molecule has 3 N–H and O–H groups in total. The number of carbonyl (C=O) groups excluding carboxylic acids is 2. The maximum atomic E-state index is 12.3. The summed E-state index contributed by atoms with van der Waals surface area (Å²) < 4.78 is 10.4. The lowest BCUT2D eigenvalue weighted by Crippen LogP contribution is -2.80. The Morgan fingerprint density at radius 2 is 2.16 bits per heavy atom. The molecule has 6 nitrogen and oxygen atoms in total. The number of fused-ring (bicyclic) bond motifs is 1. The van der Waals surface area contributed by atoms with Crippen molar-refractivity contribution in [3.8, 4) is 0 Å². The lowest BCUT2D eigenvalue weighted by Gasteiger charge is -2.60. The Balaban J connectivity index is 2.00. The minimum absolute atomic E-state index is 0.0321. The van der Waals surface area contributed by atoms with Gasteiger partial charge in [0.15, 0.2) is 0 Å². The Hall–Kier alpha value is -1.14. The highest BCUT2D eigenvalue weighted by Gasteiger charge is 2.71. The molecule has 1 saturated heterocycles. The van der Waals surface area contributed by atoms with Crippen LogP contribution in [0.2, 0.25) is 0 Å². The first-order valence-corrected chi connectivity index (χ1v) is 6.70. The highest BCUT2D eigenvalue weighted by Crippen LogP contribution is 2.58. The first-order valence-electron chi connectivity index (χ1n) is 6.70. The summed E-state index contributed by atoms with van der Waals surface area (Å²) in [6, 6.07) is 0. The van der Waals surface area contributed by atoms with Gasteiger partial charge < -0.3 is 20.5 Å². The van der Waals surface area contributed by atoms with Crippen molar-refractivity contribution in [2.45, 2.75) is 38.8 Å². The van der Waals surface area contributed by atoms with Crippen molar-refractivity contribution in [2.75, 3.05) is 19.8 Å². The predicted octanol–water partition coefficient (Wildman–Crippen LogP) is -0.192. The fourth-order valence-corrected chi connectivity index (χ4v) is 3.36. The van der Waals surface area contributed by atoms with Gasteiger partial charge in [-0.1, -0.05) is 13.8 Å². The van der Waals surface area contributed by atoms with Gasteiger partial charge in [-0.2, -0.15) is 0 Å². The van der Waals surface area contributed by atoms with Gasteiger partial charge >= 0.3 is 5.97 Å². The average Bonchev–Trinajstić information content (AvgIpc) is 2.83. The van der Waals surface area contributed by atoms with E-state index in [1.54, 1.807) is 6.92 Å². The molecule has 2 rings (SSSR count). The molecule has 3 atom stereocenters. The van der Waals surface area contributed by atoms with Crippen molar-refractivity contribution in [2.24, 2.45) is 17.1 Å². The fourth-order valence-electron chi connectivity index (χ4n) is 3.36. The van der Waals surface area contributed by atoms with E-state index >= 15 is 0 Å². The molecule has 1 heterocycles. The monoisotopic (exact) mass is 270 g/mol. The van der Waals surface area contributed by atoms with Gasteiger partial charge in [0.05, 0.1) is 12.7 Å². The van der Waals surface area contributed by atoms with E-state index in [4.69, 9.17) is 15.2 Å². The maximum absolute atomic E-state index is 12.3. The van der Waals surface area contributed by atoms with Crippen molar-refractivity contribution >= 4 is 11.9 Å². The number of hydrogen-bond donors (Lipinski definition) is 2. The molecule has 0 aromatic rings. The molecule has 19 heavy (non-hydrogen) atoms. The van der Waals surface area contributed by atoms with Gasteiger partial charge in [-0.3, -0.25) is 9.59 Å². The lowest BCUT2D eigenvalue weighted by atomic mass is 9.48. The van der Waals surface area contributed by atoms with E-state index in [0.29, 0.717) is 13.2 Å². The smallest absolute Gasteiger partial charge is 0.325 e. The van der Waals surface area contributed by atoms with Crippen molar-refractivity contribution in [1.29, 1.82) is 0 Å². The molecule has 0 spiro atoms. The van der Waals surface area contributed by atoms with E-state index < -0.39 is 16.9 Å². The number of nitrogens with one attached hydrogen (secondary N) is 1. The summed E-state index contributed by atoms with van der Waals surface area (Å²) in [6.07, 6.45) is 0.822. The minimum atomic E-state index is -0.972. The number of ether oxygens (including phenoxy) is 2. The molecular weight excluding hydrogens is 248 g/mol. The lowest BCUT2D eigenvalue weighted by molar-refractivity contribution is -0.176. The van der Waals surface area contributed by atoms with Gasteiger partial charge in [0.25, 0.3) is 0 Å². The van der Waals surface area contributed by atoms with Crippen molar-refractivity contribution in [3.05, 3.63) is 0 Å². The van der Waals surface area contributed by atoms with E-state index in [9.17, 15) is 9.59 Å². The summed E-state index contributed by atoms with van der Waals surface area (Å²) in [5.41, 5.74) is 4.93. The van der Waals surface area contributed by atoms with Crippen LogP contribution in [0.15, 0.2) is 0 Å². The van der Waals surface area contributed by atoms with Crippen LogP contribution in [0, 0.1) is 11.3 Å². The van der Waals surface area contributed by atoms with Gasteiger partial charge in [-0.05, 0) is 13.3 Å². The molecule has 6 heteroatoms. The molecule has 1 saturated carbocycles. The molecule has 2 aliphatic rings. The molecular formula is C13H22N2O4. The van der Waals surface area contributed by atoms with Gasteiger partial charge in [-0.15, -0.1) is 0 Å². The van der Waals surface area contributed by atoms with Crippen LogP contribution in [0.3, 0.4) is 0 Å². The molecule has 0 radical (unpaired) electrons. The first-order chi connectivity index (χ1) is 8.85. The van der Waals surface area contributed by atoms with Crippen molar-refractivity contribution < 1.29 is 19.1 Å². The Bertz CT molecular complexity index is 396. The van der Waals surface area contributed by atoms with Crippen LogP contribution >= 0.6 is 0 Å². The molecule has 3 unspecified atom stereocenters. The minimum Gasteiger partial charge on any atom is -0.465 e. The third-order valence-electron chi connectivity index (χ3n) is 4.53. The zero-order chi connectivity index (χ0) is 14.3. The van der Waals surface area contributed by atoms with Crippen LogP contribution in [0.4, 0.5) is 0 Å². The van der Waals surface area contributed by atoms with Crippen LogP contribution in [-0.2, 0) is 19.1 Å². The van der Waals surface area contributed by atoms with E-state index in [2.05, 4.69) is 5.32 Å². The second kappa shape index (κ2) is 4.76. The number of esters is 1. The van der Waals surface area contributed by atoms with Gasteiger partial charge in [0.1, 0.15) is 12.1 Å². The molecule has 1 amide bonds. The topological polar surface area (TPSA) is 90.7 Å². The SMILES string of the molecule is CCOC(=O)CNC(=O)C1(N)C2CCOC2C1(C)C. The molecule has 108 valence electrons. The summed E-state index contributed by atoms with van der Waals surface area (Å²) in [4.78, 5) is 23.6. The molecule has 0 bridgehead atoms. The second-order valence-corrected chi connectivity index (χ2v) is 5.76. The Morgan fingerprint density at radius 1 is 1.47 bits per heavy atom. The highest BCUT2D eigenvalue weighted by molar-refractivity contribution is 5.91. The summed E-state index contributed by atoms with van der Waals surface area (Å²) in [6.45, 7) is 6.39. The largest absolute Gasteiger partial charge is 0.465 e. The van der Waals surface area contributed by atoms with Crippen molar-refractivity contribution in [3.63, 3.8) is 0 Å². The van der Waals surface area contributed by atoms with Crippen LogP contribution in [-0.4, -0.2) is 43.3 Å². The zero-order valence-electron chi connectivity index (χ0n) is 11.7. The Kier molecular flexibility index (Phi) is 3.57. The Labute approximate surface area is 113 Å². The third kappa shape index (κ3) is 1.94. The zero-order valence-corrected chi connectivity index (χ0v) is 11.7. The summed E-state index contributed by atoms with van der Waals surface area (Å²) in [5, 5.41) is 2.58. The van der Waals surface area contributed by atoms with Crippen LogP contribution in [0.1, 0.15) is 27.2 Å². The number of hydrogen-bond acceptors (Lipinski definition) is 5. The quantitative estimate of drug-likeness (QED) is 0.691. The number of carbonyl (C=O) groups is 2. The predicted molar refractivity (Wildman–Crippen MR) is 68.2 cm³/mol. The van der Waals surface area contributed by atoms with E-state index in [0.717, 1.165) is 6.42 Å². The average molecular weight is 270 g/mol. The van der Waals surface area contributed by atoms with Crippen LogP contribution in [0.25, 0.3) is 0 Å². The summed E-state index contributed by atoms with van der Waals surface area (Å²) >= 11 is 0. The Morgan fingerprint density at radius 3 is 2.79 bits per heavy atom. The van der Waals surface area contributed by atoms with E-state index in [1.165, 1.54) is 0 Å². The number of nitrogens with two attached hydrogens (primary N) is 1. The van der Waals surface area contributed by atoms with Gasteiger partial charge in [0.2, 0.25) is 5.91 Å². The normalized spacial score (nSPS) is 35.2. The van der Waals surface area contributed by atoms with E-state index in [1.807, 2.05) is 13.8 Å².